The molecule has 110 valence electrons. The molecule has 0 heterocycles. The monoisotopic (exact) mass is 300 g/mol. The first kappa shape index (κ1) is 16.5. The fraction of sp³-hybridized carbons (Fsp3) is 0.357. The zero-order chi connectivity index (χ0) is 15.1. The Morgan fingerprint density at radius 3 is 2.80 bits per heavy atom. The molecule has 0 saturated carbocycles. The molecule has 0 aromatic carbocycles. The number of nitrogens with two attached hydrogens (primary N) is 1. The van der Waals surface area contributed by atoms with E-state index in [4.69, 9.17) is 22.1 Å². The zero-order valence-electron chi connectivity index (χ0n) is 11.5. The molecule has 4 nitrogen and oxygen atoms in total. The van der Waals surface area contributed by atoms with Gasteiger partial charge < -0.3 is 15.4 Å². The maximum Gasteiger partial charge on any atom is 0.249 e. The lowest BCUT2D eigenvalue weighted by Crippen LogP contribution is -2.23. The van der Waals surface area contributed by atoms with E-state index in [0.29, 0.717) is 34.7 Å². The van der Waals surface area contributed by atoms with Crippen LogP contribution in [-0.4, -0.2) is 38.1 Å². The van der Waals surface area contributed by atoms with Gasteiger partial charge >= 0.3 is 0 Å². The van der Waals surface area contributed by atoms with Crippen molar-refractivity contribution in [3.63, 3.8) is 0 Å². The van der Waals surface area contributed by atoms with E-state index in [1.807, 2.05) is 0 Å². The number of carbonyl (C=O) groups excluding carboxylic acids is 1. The number of ether oxygens (including phenoxy) is 1. The van der Waals surface area contributed by atoms with Crippen molar-refractivity contribution in [2.75, 3.05) is 27.2 Å². The number of hydrogen-bond acceptors (Lipinski definition) is 3. The second kappa shape index (κ2) is 7.87. The van der Waals surface area contributed by atoms with Crippen molar-refractivity contribution >= 4 is 17.5 Å². The second-order valence-electron chi connectivity index (χ2n) is 4.44. The van der Waals surface area contributed by atoms with Crippen molar-refractivity contribution in [3.8, 4) is 0 Å². The van der Waals surface area contributed by atoms with Crippen LogP contribution in [0.3, 0.4) is 0 Å². The molecule has 0 radical (unpaired) electrons. The quantitative estimate of drug-likeness (QED) is 0.847. The van der Waals surface area contributed by atoms with Crippen LogP contribution in [0.25, 0.3) is 0 Å². The highest BCUT2D eigenvalue weighted by atomic mass is 35.5. The number of halogens is 2. The predicted octanol–water partition coefficient (Wildman–Crippen LogP) is 2.24. The molecule has 0 bridgehead atoms. The number of rotatable bonds is 5. The summed E-state index contributed by atoms with van der Waals surface area (Å²) in [5.74, 6) is 0.301. The van der Waals surface area contributed by atoms with E-state index in [9.17, 15) is 9.18 Å². The van der Waals surface area contributed by atoms with Gasteiger partial charge in [-0.15, -0.1) is 0 Å². The first-order chi connectivity index (χ1) is 9.49. The second-order valence-corrected chi connectivity index (χ2v) is 4.85. The third-order valence-corrected chi connectivity index (χ3v) is 3.02. The Balaban J connectivity index is 2.83. The first-order valence-electron chi connectivity index (χ1n) is 6.09. The molecule has 0 atom stereocenters. The van der Waals surface area contributed by atoms with E-state index in [1.165, 1.54) is 4.90 Å². The van der Waals surface area contributed by atoms with Gasteiger partial charge in [0.2, 0.25) is 5.91 Å². The highest BCUT2D eigenvalue weighted by Gasteiger charge is 2.14. The molecule has 0 fully saturated rings. The summed E-state index contributed by atoms with van der Waals surface area (Å²) in [5.41, 5.74) is 6.27. The first-order valence-corrected chi connectivity index (χ1v) is 6.47. The van der Waals surface area contributed by atoms with Gasteiger partial charge in [-0.3, -0.25) is 4.79 Å². The Bertz CT molecular complexity index is 493. The highest BCUT2D eigenvalue weighted by molar-refractivity contribution is 6.31. The summed E-state index contributed by atoms with van der Waals surface area (Å²) in [5, 5.41) is 0.387. The molecule has 0 saturated heterocycles. The third kappa shape index (κ3) is 4.51. The summed E-state index contributed by atoms with van der Waals surface area (Å²) in [4.78, 5) is 13.4. The Morgan fingerprint density at radius 2 is 2.25 bits per heavy atom. The van der Waals surface area contributed by atoms with Crippen LogP contribution < -0.4 is 5.73 Å². The molecule has 2 N–H and O–H groups in total. The fourth-order valence-corrected chi connectivity index (χ4v) is 1.69. The Kier molecular flexibility index (Phi) is 6.48. The standard InChI is InChI=1S/C14H18ClFN2O2/c1-18(2)14(19)11-3-5-12(15)13(6-4-11)20-9-10(7-16)8-17/h4-7H,3,8-9,17H2,1-2H3/b10-7-. The molecule has 20 heavy (non-hydrogen) atoms. The maximum absolute atomic E-state index is 12.4. The van der Waals surface area contributed by atoms with Gasteiger partial charge in [-0.25, -0.2) is 4.39 Å². The number of hydrogen-bond donors (Lipinski definition) is 1. The van der Waals surface area contributed by atoms with E-state index < -0.39 is 0 Å². The number of nitrogens with zero attached hydrogens (tertiary/aromatic N) is 1. The zero-order valence-corrected chi connectivity index (χ0v) is 12.3. The van der Waals surface area contributed by atoms with Crippen LogP contribution in [-0.2, 0) is 9.53 Å². The van der Waals surface area contributed by atoms with Crippen LogP contribution in [0.1, 0.15) is 6.42 Å². The summed E-state index contributed by atoms with van der Waals surface area (Å²) in [6.45, 7) is 0.0962. The molecule has 6 heteroatoms. The minimum absolute atomic E-state index is 0.0215. The largest absolute Gasteiger partial charge is 0.488 e. The van der Waals surface area contributed by atoms with Crippen molar-refractivity contribution < 1.29 is 13.9 Å². The van der Waals surface area contributed by atoms with Gasteiger partial charge in [0, 0.05) is 31.8 Å². The van der Waals surface area contributed by atoms with Crippen LogP contribution >= 0.6 is 11.6 Å². The van der Waals surface area contributed by atoms with Gasteiger partial charge in [-0.1, -0.05) is 17.7 Å². The van der Waals surface area contributed by atoms with Gasteiger partial charge in [0.15, 0.2) is 0 Å². The summed E-state index contributed by atoms with van der Waals surface area (Å²) < 4.78 is 17.8. The van der Waals surface area contributed by atoms with Crippen molar-refractivity contribution in [3.05, 3.63) is 46.5 Å². The number of carbonyl (C=O) groups is 1. The lowest BCUT2D eigenvalue weighted by molar-refractivity contribution is -0.124. The Labute approximate surface area is 123 Å². The fourth-order valence-electron chi connectivity index (χ4n) is 1.49. The summed E-state index contributed by atoms with van der Waals surface area (Å²) in [6, 6.07) is 0. The van der Waals surface area contributed by atoms with Crippen LogP contribution in [0, 0.1) is 0 Å². The van der Waals surface area contributed by atoms with Crippen molar-refractivity contribution in [2.45, 2.75) is 6.42 Å². The molecule has 0 aromatic rings. The highest BCUT2D eigenvalue weighted by Crippen LogP contribution is 2.23. The average Bonchev–Trinajstić information content (AvgIpc) is 2.61. The van der Waals surface area contributed by atoms with Crippen molar-refractivity contribution in [1.29, 1.82) is 0 Å². The lowest BCUT2D eigenvalue weighted by atomic mass is 10.1. The lowest BCUT2D eigenvalue weighted by Gasteiger charge is -2.11. The topological polar surface area (TPSA) is 55.6 Å². The molecule has 0 aliphatic heterocycles. The molecule has 0 unspecified atom stereocenters. The molecule has 1 amide bonds. The van der Waals surface area contributed by atoms with Crippen molar-refractivity contribution in [1.82, 2.24) is 4.90 Å². The Hall–Kier alpha value is -1.59. The molecular weight excluding hydrogens is 283 g/mol. The van der Waals surface area contributed by atoms with Gasteiger partial charge in [-0.05, 0) is 18.6 Å². The van der Waals surface area contributed by atoms with Gasteiger partial charge in [-0.2, -0.15) is 0 Å². The maximum atomic E-state index is 12.4. The molecular formula is C14H18ClFN2O2. The Morgan fingerprint density at radius 1 is 1.55 bits per heavy atom. The molecule has 0 aromatic heterocycles. The molecule has 0 spiro atoms. The third-order valence-electron chi connectivity index (χ3n) is 2.68. The number of amides is 1. The predicted molar refractivity (Wildman–Crippen MR) is 77.6 cm³/mol. The molecule has 1 aliphatic rings. The van der Waals surface area contributed by atoms with Crippen LogP contribution in [0.5, 0.6) is 0 Å². The molecule has 1 aliphatic carbocycles. The van der Waals surface area contributed by atoms with E-state index in [1.54, 1.807) is 32.3 Å². The minimum atomic E-state index is -0.0884. The van der Waals surface area contributed by atoms with E-state index in [-0.39, 0.29) is 19.1 Å². The SMILES string of the molecule is CN(C)C(=O)C1=CC=C(OC/C(=C\F)CN)C(Cl)=CC1. The van der Waals surface area contributed by atoms with Gasteiger partial charge in [0.25, 0.3) is 0 Å². The normalized spacial score (nSPS) is 15.8. The van der Waals surface area contributed by atoms with Crippen LogP contribution in [0.15, 0.2) is 46.5 Å². The van der Waals surface area contributed by atoms with E-state index >= 15 is 0 Å². The van der Waals surface area contributed by atoms with Gasteiger partial charge in [0.05, 0.1) is 11.4 Å². The number of allylic oxidation sites excluding steroid dienone is 4. The molecule has 1 rings (SSSR count). The smallest absolute Gasteiger partial charge is 0.249 e. The summed E-state index contributed by atoms with van der Waals surface area (Å²) >= 11 is 6.07. The van der Waals surface area contributed by atoms with E-state index in [0.717, 1.165) is 0 Å². The van der Waals surface area contributed by atoms with Crippen molar-refractivity contribution in [2.24, 2.45) is 5.73 Å². The number of likely N-dealkylation sites (N-methyl/N-ethyl adjacent to an activating group) is 1. The summed E-state index contributed by atoms with van der Waals surface area (Å²) in [7, 11) is 3.36. The van der Waals surface area contributed by atoms with Crippen LogP contribution in [0.2, 0.25) is 0 Å². The van der Waals surface area contributed by atoms with Crippen LogP contribution in [0.4, 0.5) is 4.39 Å². The minimum Gasteiger partial charge on any atom is -0.488 e. The summed E-state index contributed by atoms with van der Waals surface area (Å²) in [6.07, 6.45) is 5.79. The van der Waals surface area contributed by atoms with Gasteiger partial charge in [0.1, 0.15) is 12.4 Å². The average molecular weight is 301 g/mol. The van der Waals surface area contributed by atoms with E-state index in [2.05, 4.69) is 0 Å².